The molecule has 0 aliphatic rings. The van der Waals surface area contributed by atoms with E-state index in [-0.39, 0.29) is 17.9 Å². The molecule has 0 aliphatic heterocycles. The maximum atomic E-state index is 9.10. The van der Waals surface area contributed by atoms with Gasteiger partial charge in [-0.05, 0) is 0 Å². The van der Waals surface area contributed by atoms with Gasteiger partial charge in [0.2, 0.25) is 0 Å². The molecule has 4 N–H and O–H groups in total. The maximum absolute atomic E-state index is 9.10. The highest BCUT2D eigenvalue weighted by molar-refractivity contribution is 6.27. The molecule has 0 rings (SSSR count). The molecular weight excluding hydrogens is 139 g/mol. The van der Waals surface area contributed by atoms with Crippen molar-refractivity contribution < 1.29 is 25.3 Å². The van der Waals surface area contributed by atoms with Crippen molar-refractivity contribution in [3.63, 3.8) is 0 Å². The number of hydrogen-bond donors (Lipinski definition) is 2. The normalized spacial score (nSPS) is 5.50. The maximum Gasteiger partial charge on any atom is 0.414 e. The SMILES string of the molecule is Cl.O.O=C(O)C(=O)O. The van der Waals surface area contributed by atoms with Gasteiger partial charge in [-0.15, -0.1) is 12.4 Å². The van der Waals surface area contributed by atoms with Gasteiger partial charge in [0, 0.05) is 0 Å². The number of hydrogen-bond acceptors (Lipinski definition) is 2. The zero-order valence-corrected chi connectivity index (χ0v) is 4.44. The summed E-state index contributed by atoms with van der Waals surface area (Å²) in [6, 6.07) is 0. The largest absolute Gasteiger partial charge is 0.473 e. The second-order valence-electron chi connectivity index (χ2n) is 0.610. The van der Waals surface area contributed by atoms with Crippen LogP contribution in [0.2, 0.25) is 0 Å². The fourth-order valence-corrected chi connectivity index (χ4v) is 0. The van der Waals surface area contributed by atoms with E-state index in [1.165, 1.54) is 0 Å². The molecular formula is C2H5ClO5. The molecule has 0 atom stereocenters. The molecule has 0 aromatic rings. The Bertz CT molecular complexity index is 76.4. The molecule has 0 fully saturated rings. The molecule has 0 unspecified atom stereocenters. The van der Waals surface area contributed by atoms with Gasteiger partial charge in [0.15, 0.2) is 0 Å². The predicted octanol–water partition coefficient (Wildman–Crippen LogP) is -1.25. The first kappa shape index (κ1) is 15.7. The topological polar surface area (TPSA) is 106 Å². The highest BCUT2D eigenvalue weighted by Gasteiger charge is 2.04. The first-order valence-corrected chi connectivity index (χ1v) is 1.11. The quantitative estimate of drug-likeness (QED) is 0.415. The van der Waals surface area contributed by atoms with E-state index >= 15 is 0 Å². The van der Waals surface area contributed by atoms with Crippen LogP contribution in [0.5, 0.6) is 0 Å². The third-order valence-corrected chi connectivity index (χ3v) is 0.183. The van der Waals surface area contributed by atoms with Gasteiger partial charge in [0.25, 0.3) is 0 Å². The monoisotopic (exact) mass is 144 g/mol. The second kappa shape index (κ2) is 6.19. The van der Waals surface area contributed by atoms with E-state index in [1.807, 2.05) is 0 Å². The Hall–Kier alpha value is -0.810. The van der Waals surface area contributed by atoms with Crippen LogP contribution >= 0.6 is 12.4 Å². The zero-order valence-electron chi connectivity index (χ0n) is 3.62. The number of carboxylic acid groups (broad SMARTS) is 2. The minimum Gasteiger partial charge on any atom is -0.473 e. The zero-order chi connectivity index (χ0) is 5.15. The molecule has 5 nitrogen and oxygen atoms in total. The third-order valence-electron chi connectivity index (χ3n) is 0.183. The molecule has 0 bridgehead atoms. The molecule has 0 aromatic carbocycles. The number of rotatable bonds is 0. The van der Waals surface area contributed by atoms with Crippen LogP contribution in [0.4, 0.5) is 0 Å². The molecule has 0 spiro atoms. The van der Waals surface area contributed by atoms with Gasteiger partial charge >= 0.3 is 11.9 Å². The standard InChI is InChI=1S/C2H2O4.ClH.H2O/c3-1(4)2(5)6;;/h(H,3,4)(H,5,6);1H;1H2. The first-order valence-electron chi connectivity index (χ1n) is 1.11. The van der Waals surface area contributed by atoms with E-state index in [2.05, 4.69) is 0 Å². The van der Waals surface area contributed by atoms with Crippen molar-refractivity contribution in [2.45, 2.75) is 0 Å². The van der Waals surface area contributed by atoms with Gasteiger partial charge < -0.3 is 15.7 Å². The van der Waals surface area contributed by atoms with E-state index in [1.54, 1.807) is 0 Å². The average molecular weight is 145 g/mol. The number of halogens is 1. The van der Waals surface area contributed by atoms with Crippen LogP contribution in [0.15, 0.2) is 0 Å². The van der Waals surface area contributed by atoms with Crippen molar-refractivity contribution in [1.82, 2.24) is 0 Å². The van der Waals surface area contributed by atoms with E-state index in [4.69, 9.17) is 19.8 Å². The Kier molecular flexibility index (Phi) is 12.1. The molecule has 0 aromatic heterocycles. The minimum atomic E-state index is -1.82. The van der Waals surface area contributed by atoms with Gasteiger partial charge in [0.1, 0.15) is 0 Å². The number of carbonyl (C=O) groups is 2. The smallest absolute Gasteiger partial charge is 0.414 e. The lowest BCUT2D eigenvalue weighted by Crippen LogP contribution is -2.09. The Morgan fingerprint density at radius 1 is 1.00 bits per heavy atom. The van der Waals surface area contributed by atoms with Crippen LogP contribution in [0.25, 0.3) is 0 Å². The average Bonchev–Trinajstić information content (AvgIpc) is 1.36. The fourth-order valence-electron chi connectivity index (χ4n) is 0. The highest BCUT2D eigenvalue weighted by Crippen LogP contribution is 1.56. The van der Waals surface area contributed by atoms with Gasteiger partial charge in [-0.25, -0.2) is 9.59 Å². The molecule has 0 saturated carbocycles. The van der Waals surface area contributed by atoms with Crippen LogP contribution in [0.3, 0.4) is 0 Å². The summed E-state index contributed by atoms with van der Waals surface area (Å²) in [5, 5.41) is 14.8. The lowest BCUT2D eigenvalue weighted by molar-refractivity contribution is -0.159. The van der Waals surface area contributed by atoms with Crippen molar-refractivity contribution in [3.05, 3.63) is 0 Å². The molecule has 0 heterocycles. The first-order chi connectivity index (χ1) is 2.64. The fraction of sp³-hybridized carbons (Fsp3) is 0. The lowest BCUT2D eigenvalue weighted by atomic mass is 10.7. The second-order valence-corrected chi connectivity index (χ2v) is 0.610. The summed E-state index contributed by atoms with van der Waals surface area (Å²) in [6.45, 7) is 0. The summed E-state index contributed by atoms with van der Waals surface area (Å²) in [6.07, 6.45) is 0. The van der Waals surface area contributed by atoms with Crippen LogP contribution in [-0.2, 0) is 9.59 Å². The van der Waals surface area contributed by atoms with E-state index in [9.17, 15) is 0 Å². The van der Waals surface area contributed by atoms with Crippen LogP contribution in [-0.4, -0.2) is 27.6 Å². The van der Waals surface area contributed by atoms with Crippen molar-refractivity contribution in [2.24, 2.45) is 0 Å². The molecule has 0 amide bonds. The van der Waals surface area contributed by atoms with E-state index < -0.39 is 11.9 Å². The number of aliphatic carboxylic acids is 2. The molecule has 0 saturated heterocycles. The Morgan fingerprint density at radius 2 is 1.12 bits per heavy atom. The third kappa shape index (κ3) is 8.95. The molecule has 8 heavy (non-hydrogen) atoms. The van der Waals surface area contributed by atoms with Crippen molar-refractivity contribution in [3.8, 4) is 0 Å². The highest BCUT2D eigenvalue weighted by atomic mass is 35.5. The van der Waals surface area contributed by atoms with Gasteiger partial charge in [0.05, 0.1) is 0 Å². The summed E-state index contributed by atoms with van der Waals surface area (Å²) in [5.74, 6) is -3.65. The lowest BCUT2D eigenvalue weighted by Gasteiger charge is -1.72. The summed E-state index contributed by atoms with van der Waals surface area (Å²) >= 11 is 0. The van der Waals surface area contributed by atoms with E-state index in [0.29, 0.717) is 0 Å². The van der Waals surface area contributed by atoms with Crippen molar-refractivity contribution in [2.75, 3.05) is 0 Å². The minimum absolute atomic E-state index is 0. The predicted molar refractivity (Wildman–Crippen MR) is 26.1 cm³/mol. The molecule has 50 valence electrons. The molecule has 0 radical (unpaired) electrons. The Morgan fingerprint density at radius 3 is 1.12 bits per heavy atom. The van der Waals surface area contributed by atoms with Crippen LogP contribution in [0, 0.1) is 0 Å². The van der Waals surface area contributed by atoms with Crippen LogP contribution in [0.1, 0.15) is 0 Å². The van der Waals surface area contributed by atoms with Gasteiger partial charge in [-0.3, -0.25) is 0 Å². The molecule has 6 heteroatoms. The van der Waals surface area contributed by atoms with Gasteiger partial charge in [-0.1, -0.05) is 0 Å². The summed E-state index contributed by atoms with van der Waals surface area (Å²) in [4.78, 5) is 18.2. The van der Waals surface area contributed by atoms with Crippen molar-refractivity contribution in [1.29, 1.82) is 0 Å². The van der Waals surface area contributed by atoms with Gasteiger partial charge in [-0.2, -0.15) is 0 Å². The summed E-state index contributed by atoms with van der Waals surface area (Å²) in [5.41, 5.74) is 0. The summed E-state index contributed by atoms with van der Waals surface area (Å²) < 4.78 is 0. The van der Waals surface area contributed by atoms with Crippen molar-refractivity contribution >= 4 is 24.3 Å². The molecule has 0 aliphatic carbocycles. The van der Waals surface area contributed by atoms with Crippen LogP contribution < -0.4 is 0 Å². The number of carboxylic acids is 2. The van der Waals surface area contributed by atoms with E-state index in [0.717, 1.165) is 0 Å². The Labute approximate surface area is 50.6 Å². The summed E-state index contributed by atoms with van der Waals surface area (Å²) in [7, 11) is 0. The Balaban J connectivity index is -0.000000125.